The molecular formula is C7H12OSi2. The lowest BCUT2D eigenvalue weighted by atomic mass is 10.3. The number of ether oxygens (including phenoxy) is 1. The minimum Gasteiger partial charge on any atom is -0.497 e. The first-order valence-electron chi connectivity index (χ1n) is 3.49. The Morgan fingerprint density at radius 1 is 1.30 bits per heavy atom. The third kappa shape index (κ3) is 1.72. The Morgan fingerprint density at radius 2 is 1.90 bits per heavy atom. The van der Waals surface area contributed by atoms with E-state index >= 15 is 0 Å². The molecule has 1 nitrogen and oxygen atoms in total. The maximum atomic E-state index is 5.04. The number of rotatable bonds is 2. The van der Waals surface area contributed by atoms with Crippen LogP contribution < -0.4 is 9.92 Å². The standard InChI is InChI=1S/C7H12OSi2/c1-8-6-2-4-7(10-9)5-3-6/h2-5H,10H2,1,9H3. The van der Waals surface area contributed by atoms with Crippen LogP contribution in [0.5, 0.6) is 5.75 Å². The van der Waals surface area contributed by atoms with Crippen LogP contribution >= 0.6 is 0 Å². The molecule has 0 heterocycles. The molecule has 0 amide bonds. The van der Waals surface area contributed by atoms with E-state index in [2.05, 4.69) is 12.1 Å². The van der Waals surface area contributed by atoms with Gasteiger partial charge in [0.15, 0.2) is 0 Å². The van der Waals surface area contributed by atoms with Crippen LogP contribution in [0.2, 0.25) is 0 Å². The molecule has 0 aliphatic carbocycles. The van der Waals surface area contributed by atoms with Crippen molar-refractivity contribution in [2.24, 2.45) is 0 Å². The van der Waals surface area contributed by atoms with E-state index in [0.29, 0.717) is 0 Å². The predicted molar refractivity (Wildman–Crippen MR) is 51.1 cm³/mol. The van der Waals surface area contributed by atoms with Gasteiger partial charge in [-0.3, -0.25) is 0 Å². The maximum absolute atomic E-state index is 5.04. The lowest BCUT2D eigenvalue weighted by Gasteiger charge is -1.99. The molecule has 0 radical (unpaired) electrons. The summed E-state index contributed by atoms with van der Waals surface area (Å²) in [5.74, 6) is 0.966. The van der Waals surface area contributed by atoms with Gasteiger partial charge in [0.25, 0.3) is 0 Å². The molecule has 0 saturated carbocycles. The van der Waals surface area contributed by atoms with Crippen molar-refractivity contribution in [2.75, 3.05) is 7.11 Å². The van der Waals surface area contributed by atoms with E-state index in [1.165, 1.54) is 9.76 Å². The topological polar surface area (TPSA) is 9.23 Å². The van der Waals surface area contributed by atoms with Gasteiger partial charge in [-0.1, -0.05) is 17.3 Å². The van der Waals surface area contributed by atoms with E-state index in [1.807, 2.05) is 12.1 Å². The third-order valence-electron chi connectivity index (χ3n) is 1.57. The molecule has 0 fully saturated rings. The average molecular weight is 168 g/mol. The van der Waals surface area contributed by atoms with E-state index in [-0.39, 0.29) is 9.04 Å². The molecule has 0 saturated heterocycles. The van der Waals surface area contributed by atoms with Gasteiger partial charge in [0.2, 0.25) is 0 Å². The first-order valence-corrected chi connectivity index (χ1v) is 9.86. The van der Waals surface area contributed by atoms with E-state index in [9.17, 15) is 0 Å². The molecule has 0 atom stereocenters. The van der Waals surface area contributed by atoms with Crippen LogP contribution in [0.1, 0.15) is 0 Å². The fourth-order valence-corrected chi connectivity index (χ4v) is 2.98. The Bertz CT molecular complexity index is 172. The van der Waals surface area contributed by atoms with Crippen molar-refractivity contribution in [2.45, 2.75) is 0 Å². The van der Waals surface area contributed by atoms with Gasteiger partial charge in [0, 0.05) is 9.04 Å². The van der Waals surface area contributed by atoms with Gasteiger partial charge in [-0.25, -0.2) is 0 Å². The minimum atomic E-state index is 0.151. The predicted octanol–water partition coefficient (Wildman–Crippen LogP) is -1.23. The van der Waals surface area contributed by atoms with Gasteiger partial charge in [-0.2, -0.15) is 0 Å². The highest BCUT2D eigenvalue weighted by atomic mass is 29.1. The van der Waals surface area contributed by atoms with Crippen LogP contribution in [0.25, 0.3) is 0 Å². The van der Waals surface area contributed by atoms with Crippen molar-refractivity contribution < 1.29 is 4.74 Å². The van der Waals surface area contributed by atoms with Crippen molar-refractivity contribution in [1.82, 2.24) is 0 Å². The van der Waals surface area contributed by atoms with Gasteiger partial charge in [0.05, 0.1) is 7.11 Å². The van der Waals surface area contributed by atoms with Gasteiger partial charge in [-0.15, -0.1) is 0 Å². The van der Waals surface area contributed by atoms with Crippen LogP contribution in [0.15, 0.2) is 24.3 Å². The second kappa shape index (κ2) is 3.58. The minimum absolute atomic E-state index is 0.151. The van der Waals surface area contributed by atoms with E-state index in [0.717, 1.165) is 5.75 Å². The zero-order valence-corrected chi connectivity index (χ0v) is 9.84. The third-order valence-corrected chi connectivity index (χ3v) is 5.30. The highest BCUT2D eigenvalue weighted by Crippen LogP contribution is 2.04. The zero-order valence-electron chi connectivity index (χ0n) is 6.42. The Labute approximate surface area is 66.4 Å². The van der Waals surface area contributed by atoms with Crippen LogP contribution in [-0.4, -0.2) is 25.9 Å². The summed E-state index contributed by atoms with van der Waals surface area (Å²) in [5, 5.41) is 1.55. The Balaban J connectivity index is 2.80. The highest BCUT2D eigenvalue weighted by molar-refractivity contribution is 6.97. The summed E-state index contributed by atoms with van der Waals surface area (Å²) < 4.78 is 5.04. The second-order valence-electron chi connectivity index (χ2n) is 2.20. The van der Waals surface area contributed by atoms with Crippen molar-refractivity contribution in [3.63, 3.8) is 0 Å². The smallest absolute Gasteiger partial charge is 0.118 e. The maximum Gasteiger partial charge on any atom is 0.118 e. The molecule has 10 heavy (non-hydrogen) atoms. The molecule has 54 valence electrons. The van der Waals surface area contributed by atoms with E-state index < -0.39 is 0 Å². The van der Waals surface area contributed by atoms with Gasteiger partial charge >= 0.3 is 0 Å². The van der Waals surface area contributed by atoms with Crippen molar-refractivity contribution >= 4 is 24.0 Å². The van der Waals surface area contributed by atoms with Crippen LogP contribution in [0.3, 0.4) is 0 Å². The molecular weight excluding hydrogens is 156 g/mol. The molecule has 3 heteroatoms. The van der Waals surface area contributed by atoms with Crippen LogP contribution in [0, 0.1) is 0 Å². The second-order valence-corrected chi connectivity index (χ2v) is 5.85. The van der Waals surface area contributed by atoms with E-state index in [4.69, 9.17) is 4.74 Å². The summed E-state index contributed by atoms with van der Waals surface area (Å²) in [7, 11) is 3.23. The molecule has 0 aliphatic heterocycles. The lowest BCUT2D eigenvalue weighted by molar-refractivity contribution is 0.415. The lowest BCUT2D eigenvalue weighted by Crippen LogP contribution is -2.12. The molecule has 1 aromatic rings. The highest BCUT2D eigenvalue weighted by Gasteiger charge is 1.89. The molecule has 0 bridgehead atoms. The van der Waals surface area contributed by atoms with Gasteiger partial charge < -0.3 is 4.74 Å². The largest absolute Gasteiger partial charge is 0.497 e. The first-order chi connectivity index (χ1) is 4.86. The average Bonchev–Trinajstić information content (AvgIpc) is 2.05. The summed E-state index contributed by atoms with van der Waals surface area (Å²) >= 11 is 0. The molecule has 0 unspecified atom stereocenters. The summed E-state index contributed by atoms with van der Waals surface area (Å²) in [6, 6.07) is 8.44. The molecule has 0 aromatic heterocycles. The van der Waals surface area contributed by atoms with Gasteiger partial charge in [0.1, 0.15) is 5.75 Å². The van der Waals surface area contributed by atoms with Crippen LogP contribution in [0.4, 0.5) is 0 Å². The monoisotopic (exact) mass is 168 g/mol. The summed E-state index contributed by atoms with van der Waals surface area (Å²) in [5.41, 5.74) is 0. The fourth-order valence-electron chi connectivity index (χ4n) is 0.861. The SMILES string of the molecule is COc1ccc([SiH2][SiH3])cc1. The van der Waals surface area contributed by atoms with Crippen molar-refractivity contribution in [3.8, 4) is 5.75 Å². The number of methoxy groups -OCH3 is 1. The Hall–Kier alpha value is -0.546. The quantitative estimate of drug-likeness (QED) is 0.503. The Kier molecular flexibility index (Phi) is 2.71. The van der Waals surface area contributed by atoms with E-state index in [1.54, 1.807) is 12.3 Å². The fraction of sp³-hybridized carbons (Fsp3) is 0.143. The molecule has 1 aromatic carbocycles. The number of benzene rings is 1. The molecule has 1 rings (SSSR count). The zero-order chi connectivity index (χ0) is 7.40. The normalized spacial score (nSPS) is 10.9. The molecule has 0 spiro atoms. The summed E-state index contributed by atoms with van der Waals surface area (Å²) in [4.78, 5) is 0. The summed E-state index contributed by atoms with van der Waals surface area (Å²) in [6.07, 6.45) is 0. The molecule has 0 N–H and O–H groups in total. The summed E-state index contributed by atoms with van der Waals surface area (Å²) in [6.45, 7) is 0. The first kappa shape index (κ1) is 7.56. The van der Waals surface area contributed by atoms with Gasteiger partial charge in [-0.05, 0) is 21.9 Å². The molecule has 0 aliphatic rings. The van der Waals surface area contributed by atoms with Crippen LogP contribution in [-0.2, 0) is 0 Å². The Morgan fingerprint density at radius 3 is 2.30 bits per heavy atom. The number of hydrogen-bond acceptors (Lipinski definition) is 1. The van der Waals surface area contributed by atoms with Crippen molar-refractivity contribution in [1.29, 1.82) is 0 Å². The van der Waals surface area contributed by atoms with Crippen molar-refractivity contribution in [3.05, 3.63) is 24.3 Å². The number of hydrogen-bond donors (Lipinski definition) is 0.